The molecule has 2 aromatic rings. The molecule has 0 saturated carbocycles. The molecule has 0 aliphatic carbocycles. The van der Waals surface area contributed by atoms with Crippen LogP contribution in [0.1, 0.15) is 17.4 Å². The zero-order valence-corrected chi connectivity index (χ0v) is 15.2. The van der Waals surface area contributed by atoms with Gasteiger partial charge < -0.3 is 20.2 Å². The van der Waals surface area contributed by atoms with Crippen LogP contribution in [-0.4, -0.2) is 24.7 Å². The number of benzene rings is 1. The maximum atomic E-state index is 10.1. The summed E-state index contributed by atoms with van der Waals surface area (Å²) < 4.78 is 5.23. The number of nitrogens with one attached hydrogen (secondary N) is 2. The number of hydrogen-bond donors (Lipinski definition) is 3. The van der Waals surface area contributed by atoms with Gasteiger partial charge in [0.15, 0.2) is 5.96 Å². The van der Waals surface area contributed by atoms with Crippen molar-refractivity contribution in [1.82, 2.24) is 10.6 Å². The Morgan fingerprint density at radius 1 is 1.27 bits per heavy atom. The Bertz CT molecular complexity index is 573. The molecule has 0 aliphatic rings. The molecule has 0 bridgehead atoms. The molecule has 0 radical (unpaired) electrons. The Hall–Kier alpha value is -1.25. The number of guanidine groups is 1. The van der Waals surface area contributed by atoms with Crippen molar-refractivity contribution in [3.8, 4) is 0 Å². The molecule has 120 valence electrons. The van der Waals surface area contributed by atoms with Crippen LogP contribution in [0.25, 0.3) is 0 Å². The first-order chi connectivity index (χ1) is 10.2. The summed E-state index contributed by atoms with van der Waals surface area (Å²) in [5, 5.41) is 16.9. The van der Waals surface area contributed by atoms with E-state index in [4.69, 9.17) is 16.0 Å². The lowest BCUT2D eigenvalue weighted by atomic mass is 10.1. The summed E-state index contributed by atoms with van der Waals surface area (Å²) in [6.45, 7) is 0.878. The van der Waals surface area contributed by atoms with Gasteiger partial charge in [-0.05, 0) is 29.8 Å². The normalized spacial score (nSPS) is 12.4. The van der Waals surface area contributed by atoms with Crippen LogP contribution < -0.4 is 10.6 Å². The van der Waals surface area contributed by atoms with Crippen molar-refractivity contribution >= 4 is 41.5 Å². The van der Waals surface area contributed by atoms with E-state index >= 15 is 0 Å². The van der Waals surface area contributed by atoms with Crippen molar-refractivity contribution in [3.63, 3.8) is 0 Å². The standard InChI is InChI=1S/C15H18ClN3O2.HI/c1-17-15(18-9-13-3-2-8-21-13)19-10-14(20)11-4-6-12(16)7-5-11;/h2-8,14,20H,9-10H2,1H3,(H2,17,18,19);1H. The second-order valence-electron chi connectivity index (χ2n) is 4.45. The van der Waals surface area contributed by atoms with E-state index in [1.54, 1.807) is 37.6 Å². The summed E-state index contributed by atoms with van der Waals surface area (Å²) >= 11 is 5.82. The third kappa shape index (κ3) is 5.86. The van der Waals surface area contributed by atoms with Gasteiger partial charge in [0.1, 0.15) is 5.76 Å². The fraction of sp³-hybridized carbons (Fsp3) is 0.267. The van der Waals surface area contributed by atoms with E-state index in [-0.39, 0.29) is 24.0 Å². The number of aliphatic imine (C=N–C) groups is 1. The van der Waals surface area contributed by atoms with Crippen molar-refractivity contribution in [2.45, 2.75) is 12.6 Å². The first-order valence-corrected chi connectivity index (χ1v) is 6.97. The van der Waals surface area contributed by atoms with Crippen molar-refractivity contribution in [3.05, 3.63) is 59.0 Å². The second-order valence-corrected chi connectivity index (χ2v) is 4.89. The quantitative estimate of drug-likeness (QED) is 0.384. The molecule has 22 heavy (non-hydrogen) atoms. The highest BCUT2D eigenvalue weighted by atomic mass is 127. The van der Waals surface area contributed by atoms with Gasteiger partial charge in [0.2, 0.25) is 0 Å². The van der Waals surface area contributed by atoms with Crippen LogP contribution in [0.5, 0.6) is 0 Å². The van der Waals surface area contributed by atoms with Crippen LogP contribution in [0.15, 0.2) is 52.1 Å². The predicted octanol–water partition coefficient (Wildman–Crippen LogP) is 2.95. The molecule has 1 aromatic carbocycles. The van der Waals surface area contributed by atoms with Crippen LogP contribution in [0, 0.1) is 0 Å². The summed E-state index contributed by atoms with van der Waals surface area (Å²) in [4.78, 5) is 4.09. The van der Waals surface area contributed by atoms with Crippen molar-refractivity contribution in [2.75, 3.05) is 13.6 Å². The van der Waals surface area contributed by atoms with E-state index in [1.807, 2.05) is 12.1 Å². The van der Waals surface area contributed by atoms with Gasteiger partial charge in [0.25, 0.3) is 0 Å². The number of halogens is 2. The second kappa shape index (κ2) is 9.70. The molecule has 7 heteroatoms. The van der Waals surface area contributed by atoms with Crippen molar-refractivity contribution in [1.29, 1.82) is 0 Å². The summed E-state index contributed by atoms with van der Waals surface area (Å²) in [6.07, 6.45) is 0.988. The minimum atomic E-state index is -0.635. The predicted molar refractivity (Wildman–Crippen MR) is 98.7 cm³/mol. The van der Waals surface area contributed by atoms with Gasteiger partial charge in [0.05, 0.1) is 18.9 Å². The topological polar surface area (TPSA) is 69.8 Å². The van der Waals surface area contributed by atoms with E-state index in [0.29, 0.717) is 24.1 Å². The van der Waals surface area contributed by atoms with Gasteiger partial charge in [0, 0.05) is 18.6 Å². The highest BCUT2D eigenvalue weighted by Crippen LogP contribution is 2.15. The molecule has 1 aromatic heterocycles. The number of aliphatic hydroxyl groups excluding tert-OH is 1. The number of aliphatic hydroxyl groups is 1. The molecule has 1 unspecified atom stereocenters. The summed E-state index contributed by atoms with van der Waals surface area (Å²) in [7, 11) is 1.67. The first-order valence-electron chi connectivity index (χ1n) is 6.59. The lowest BCUT2D eigenvalue weighted by molar-refractivity contribution is 0.181. The van der Waals surface area contributed by atoms with Gasteiger partial charge in [-0.3, -0.25) is 4.99 Å². The molecular formula is C15H19ClIN3O2. The minimum Gasteiger partial charge on any atom is -0.467 e. The largest absolute Gasteiger partial charge is 0.467 e. The zero-order chi connectivity index (χ0) is 15.1. The smallest absolute Gasteiger partial charge is 0.191 e. The number of furan rings is 1. The summed E-state index contributed by atoms with van der Waals surface area (Å²) in [6, 6.07) is 10.8. The van der Waals surface area contributed by atoms with E-state index in [1.165, 1.54) is 0 Å². The van der Waals surface area contributed by atoms with Gasteiger partial charge in [-0.2, -0.15) is 0 Å². The monoisotopic (exact) mass is 435 g/mol. The molecule has 1 atom stereocenters. The first kappa shape index (κ1) is 18.8. The lowest BCUT2D eigenvalue weighted by Crippen LogP contribution is -2.38. The molecule has 0 spiro atoms. The Balaban J connectivity index is 0.00000242. The lowest BCUT2D eigenvalue weighted by Gasteiger charge is -2.15. The average Bonchev–Trinajstić information content (AvgIpc) is 3.01. The fourth-order valence-electron chi connectivity index (χ4n) is 1.80. The maximum Gasteiger partial charge on any atom is 0.191 e. The molecule has 3 N–H and O–H groups in total. The van der Waals surface area contributed by atoms with E-state index in [0.717, 1.165) is 11.3 Å². The molecule has 0 saturated heterocycles. The Morgan fingerprint density at radius 2 is 2.00 bits per heavy atom. The van der Waals surface area contributed by atoms with E-state index < -0.39 is 6.10 Å². The highest BCUT2D eigenvalue weighted by Gasteiger charge is 2.08. The molecule has 2 rings (SSSR count). The zero-order valence-electron chi connectivity index (χ0n) is 12.1. The molecule has 0 aliphatic heterocycles. The van der Waals surface area contributed by atoms with Crippen LogP contribution in [-0.2, 0) is 6.54 Å². The maximum absolute atomic E-state index is 10.1. The van der Waals surface area contributed by atoms with Crippen LogP contribution >= 0.6 is 35.6 Å². The van der Waals surface area contributed by atoms with Crippen LogP contribution in [0.2, 0.25) is 5.02 Å². The van der Waals surface area contributed by atoms with Gasteiger partial charge >= 0.3 is 0 Å². The molecule has 5 nitrogen and oxygen atoms in total. The fourth-order valence-corrected chi connectivity index (χ4v) is 1.93. The van der Waals surface area contributed by atoms with Gasteiger partial charge in [-0.15, -0.1) is 24.0 Å². The number of rotatable bonds is 5. The third-order valence-electron chi connectivity index (χ3n) is 2.95. The van der Waals surface area contributed by atoms with Crippen LogP contribution in [0.4, 0.5) is 0 Å². The van der Waals surface area contributed by atoms with E-state index in [2.05, 4.69) is 15.6 Å². The van der Waals surface area contributed by atoms with E-state index in [9.17, 15) is 5.11 Å². The summed E-state index contributed by atoms with van der Waals surface area (Å²) in [5.74, 6) is 1.41. The number of hydrogen-bond acceptors (Lipinski definition) is 3. The third-order valence-corrected chi connectivity index (χ3v) is 3.20. The Labute approximate surface area is 151 Å². The Kier molecular flexibility index (Phi) is 8.29. The van der Waals surface area contributed by atoms with Crippen molar-refractivity contribution < 1.29 is 9.52 Å². The average molecular weight is 436 g/mol. The van der Waals surface area contributed by atoms with Crippen molar-refractivity contribution in [2.24, 2.45) is 4.99 Å². The molecule has 0 amide bonds. The minimum absolute atomic E-state index is 0. The molecular weight excluding hydrogens is 417 g/mol. The number of nitrogens with zero attached hydrogens (tertiary/aromatic N) is 1. The molecule has 0 fully saturated rings. The molecule has 1 heterocycles. The SMILES string of the molecule is CN=C(NCc1ccco1)NCC(O)c1ccc(Cl)cc1.I. The Morgan fingerprint density at radius 3 is 2.59 bits per heavy atom. The summed E-state index contributed by atoms with van der Waals surface area (Å²) in [5.41, 5.74) is 0.799. The van der Waals surface area contributed by atoms with Crippen LogP contribution in [0.3, 0.4) is 0 Å². The van der Waals surface area contributed by atoms with Gasteiger partial charge in [-0.1, -0.05) is 23.7 Å². The van der Waals surface area contributed by atoms with Gasteiger partial charge in [-0.25, -0.2) is 0 Å². The highest BCUT2D eigenvalue weighted by molar-refractivity contribution is 14.0.